The Hall–Kier alpha value is -0.850. The maximum absolute atomic E-state index is 5.36. The highest BCUT2D eigenvalue weighted by Gasteiger charge is 2.13. The Kier molecular flexibility index (Phi) is 3.68. The average Bonchev–Trinajstić information content (AvgIpc) is 2.17. The molecule has 0 aliphatic carbocycles. The summed E-state index contributed by atoms with van der Waals surface area (Å²) in [5.74, 6) is 2.68. The lowest BCUT2D eigenvalue weighted by atomic mass is 10.1. The van der Waals surface area contributed by atoms with E-state index in [-0.39, 0.29) is 5.54 Å². The fourth-order valence-electron chi connectivity index (χ4n) is 0.904. The van der Waals surface area contributed by atoms with E-state index < -0.39 is 0 Å². The summed E-state index contributed by atoms with van der Waals surface area (Å²) in [7, 11) is 0. The number of nitrogens with one attached hydrogen (secondary N) is 1. The van der Waals surface area contributed by atoms with Crippen molar-refractivity contribution in [2.75, 3.05) is 0 Å². The first-order chi connectivity index (χ1) is 6.55. The van der Waals surface area contributed by atoms with Gasteiger partial charge in [-0.25, -0.2) is 0 Å². The lowest BCUT2D eigenvalue weighted by molar-refractivity contribution is 0.486. The molecule has 0 aliphatic rings. The molecule has 0 atom stereocenters. The first-order valence-corrected chi connectivity index (χ1v) is 5.16. The zero-order valence-electron chi connectivity index (χ0n) is 8.34. The second-order valence-corrected chi connectivity index (χ2v) is 4.41. The molecule has 14 heavy (non-hydrogen) atoms. The molecule has 1 N–H and O–H groups in total. The van der Waals surface area contributed by atoms with Gasteiger partial charge in [0.2, 0.25) is 0 Å². The fraction of sp³-hybridized carbons (Fsp3) is 0.364. The molecule has 0 radical (unpaired) electrons. The van der Waals surface area contributed by atoms with Crippen LogP contribution in [0.2, 0.25) is 0 Å². The molecule has 0 aliphatic heterocycles. The molecule has 0 amide bonds. The fourth-order valence-corrected chi connectivity index (χ4v) is 1.30. The van der Waals surface area contributed by atoms with Crippen LogP contribution in [-0.4, -0.2) is 10.5 Å². The van der Waals surface area contributed by atoms with Crippen LogP contribution >= 0.6 is 15.9 Å². The third-order valence-corrected chi connectivity index (χ3v) is 2.62. The average molecular weight is 253 g/mol. The maximum Gasteiger partial charge on any atom is 0.0744 e. The molecule has 1 rings (SSSR count). The quantitative estimate of drug-likeness (QED) is 0.836. The Morgan fingerprint density at radius 3 is 2.93 bits per heavy atom. The van der Waals surface area contributed by atoms with E-state index in [0.717, 1.165) is 10.2 Å². The second kappa shape index (κ2) is 4.59. The second-order valence-electron chi connectivity index (χ2n) is 3.55. The summed E-state index contributed by atoms with van der Waals surface area (Å²) >= 11 is 3.43. The minimum absolute atomic E-state index is 0.295. The minimum atomic E-state index is -0.295. The molecule has 3 heteroatoms. The van der Waals surface area contributed by atoms with Crippen LogP contribution in [0.3, 0.4) is 0 Å². The summed E-state index contributed by atoms with van der Waals surface area (Å²) in [6, 6.07) is 3.85. The molecular weight excluding hydrogens is 240 g/mol. The minimum Gasteiger partial charge on any atom is -0.296 e. The van der Waals surface area contributed by atoms with Gasteiger partial charge in [0.15, 0.2) is 0 Å². The van der Waals surface area contributed by atoms with E-state index in [1.807, 2.05) is 26.0 Å². The van der Waals surface area contributed by atoms with E-state index in [0.29, 0.717) is 6.54 Å². The molecule has 0 saturated carbocycles. The smallest absolute Gasteiger partial charge is 0.0744 e. The van der Waals surface area contributed by atoms with Crippen LogP contribution in [0.5, 0.6) is 0 Å². The number of pyridine rings is 1. The highest BCUT2D eigenvalue weighted by molar-refractivity contribution is 9.10. The molecular formula is C11H13BrN2. The van der Waals surface area contributed by atoms with Gasteiger partial charge in [-0.15, -0.1) is 6.42 Å². The standard InChI is InChI=1S/C11H13BrN2/c1-4-11(2,3)14-8-10-9(12)6-5-7-13-10/h1,5-7,14H,8H2,2-3H3. The zero-order valence-corrected chi connectivity index (χ0v) is 9.93. The molecule has 1 aromatic rings. The van der Waals surface area contributed by atoms with Crippen LogP contribution in [0.15, 0.2) is 22.8 Å². The predicted molar refractivity (Wildman–Crippen MR) is 61.7 cm³/mol. The van der Waals surface area contributed by atoms with Crippen LogP contribution in [0.25, 0.3) is 0 Å². The lowest BCUT2D eigenvalue weighted by Gasteiger charge is -2.19. The first kappa shape index (κ1) is 11.2. The molecule has 1 heterocycles. The topological polar surface area (TPSA) is 24.9 Å². The van der Waals surface area contributed by atoms with Gasteiger partial charge in [-0.2, -0.15) is 0 Å². The molecule has 74 valence electrons. The number of hydrogen-bond donors (Lipinski definition) is 1. The molecule has 1 aromatic heterocycles. The highest BCUT2D eigenvalue weighted by Crippen LogP contribution is 2.13. The molecule has 2 nitrogen and oxygen atoms in total. The van der Waals surface area contributed by atoms with Crippen LogP contribution in [0.1, 0.15) is 19.5 Å². The third-order valence-electron chi connectivity index (χ3n) is 1.89. The number of hydrogen-bond acceptors (Lipinski definition) is 2. The summed E-state index contributed by atoms with van der Waals surface area (Å²) in [6.07, 6.45) is 7.13. The molecule has 0 saturated heterocycles. The summed E-state index contributed by atoms with van der Waals surface area (Å²) in [5, 5.41) is 3.24. The van der Waals surface area contributed by atoms with E-state index >= 15 is 0 Å². The number of aromatic nitrogens is 1. The number of terminal acetylenes is 1. The van der Waals surface area contributed by atoms with Crippen molar-refractivity contribution in [3.63, 3.8) is 0 Å². The van der Waals surface area contributed by atoms with Crippen LogP contribution < -0.4 is 5.32 Å². The van der Waals surface area contributed by atoms with Crippen molar-refractivity contribution in [2.24, 2.45) is 0 Å². The van der Waals surface area contributed by atoms with Gasteiger partial charge in [-0.05, 0) is 41.9 Å². The van der Waals surface area contributed by atoms with Gasteiger partial charge in [0.05, 0.1) is 11.2 Å². The van der Waals surface area contributed by atoms with E-state index in [1.165, 1.54) is 0 Å². The van der Waals surface area contributed by atoms with Crippen molar-refractivity contribution >= 4 is 15.9 Å². The van der Waals surface area contributed by atoms with Crippen molar-refractivity contribution in [3.8, 4) is 12.3 Å². The number of nitrogens with zero attached hydrogens (tertiary/aromatic N) is 1. The van der Waals surface area contributed by atoms with E-state index in [2.05, 4.69) is 32.2 Å². The third kappa shape index (κ3) is 3.13. The Labute approximate surface area is 93.3 Å². The Bertz CT molecular complexity index is 353. The molecule has 0 bridgehead atoms. The van der Waals surface area contributed by atoms with Gasteiger partial charge in [0, 0.05) is 17.2 Å². The van der Waals surface area contributed by atoms with Crippen molar-refractivity contribution in [1.29, 1.82) is 0 Å². The molecule has 0 fully saturated rings. The van der Waals surface area contributed by atoms with Crippen LogP contribution in [0.4, 0.5) is 0 Å². The van der Waals surface area contributed by atoms with Gasteiger partial charge in [0.25, 0.3) is 0 Å². The van der Waals surface area contributed by atoms with E-state index in [1.54, 1.807) is 6.20 Å². The maximum atomic E-state index is 5.36. The summed E-state index contributed by atoms with van der Waals surface area (Å²) in [5.41, 5.74) is 0.674. The van der Waals surface area contributed by atoms with Crippen molar-refractivity contribution in [3.05, 3.63) is 28.5 Å². The highest BCUT2D eigenvalue weighted by atomic mass is 79.9. The summed E-state index contributed by atoms with van der Waals surface area (Å²) < 4.78 is 1.00. The van der Waals surface area contributed by atoms with Gasteiger partial charge >= 0.3 is 0 Å². The van der Waals surface area contributed by atoms with Crippen LogP contribution in [-0.2, 0) is 6.54 Å². The Morgan fingerprint density at radius 1 is 1.64 bits per heavy atom. The number of rotatable bonds is 3. The summed E-state index contributed by atoms with van der Waals surface area (Å²) in [4.78, 5) is 4.24. The van der Waals surface area contributed by atoms with Gasteiger partial charge < -0.3 is 0 Å². The monoisotopic (exact) mass is 252 g/mol. The van der Waals surface area contributed by atoms with Gasteiger partial charge in [-0.1, -0.05) is 5.92 Å². The van der Waals surface area contributed by atoms with Crippen molar-refractivity contribution in [2.45, 2.75) is 25.9 Å². The van der Waals surface area contributed by atoms with Gasteiger partial charge in [0.1, 0.15) is 0 Å². The molecule has 0 aromatic carbocycles. The van der Waals surface area contributed by atoms with Crippen molar-refractivity contribution in [1.82, 2.24) is 10.3 Å². The van der Waals surface area contributed by atoms with E-state index in [9.17, 15) is 0 Å². The molecule has 0 spiro atoms. The van der Waals surface area contributed by atoms with Gasteiger partial charge in [-0.3, -0.25) is 10.3 Å². The normalized spacial score (nSPS) is 11.0. The zero-order chi connectivity index (χ0) is 10.6. The number of halogens is 1. The van der Waals surface area contributed by atoms with E-state index in [4.69, 9.17) is 6.42 Å². The largest absolute Gasteiger partial charge is 0.296 e. The SMILES string of the molecule is C#CC(C)(C)NCc1ncccc1Br. The first-order valence-electron chi connectivity index (χ1n) is 4.37. The predicted octanol–water partition coefficient (Wildman–Crippen LogP) is 2.35. The Morgan fingerprint density at radius 2 is 2.36 bits per heavy atom. The lowest BCUT2D eigenvalue weighted by Crippen LogP contribution is -2.37. The molecule has 0 unspecified atom stereocenters. The summed E-state index contributed by atoms with van der Waals surface area (Å²) in [6.45, 7) is 4.59. The van der Waals surface area contributed by atoms with Crippen molar-refractivity contribution < 1.29 is 0 Å². The Balaban J connectivity index is 2.64. The van der Waals surface area contributed by atoms with Crippen LogP contribution in [0, 0.1) is 12.3 Å².